The zero-order chi connectivity index (χ0) is 13.3. The molecule has 3 nitrogen and oxygen atoms in total. The molecule has 0 aliphatic carbocycles. The van der Waals surface area contributed by atoms with Gasteiger partial charge in [-0.2, -0.15) is 0 Å². The van der Waals surface area contributed by atoms with Crippen molar-refractivity contribution in [3.8, 4) is 0 Å². The van der Waals surface area contributed by atoms with Crippen LogP contribution >= 0.6 is 0 Å². The Morgan fingerprint density at radius 1 is 1.18 bits per heavy atom. The second-order valence-corrected chi connectivity index (χ2v) is 11.7. The largest absolute Gasteiger partial charge is 0.410 e. The molecule has 4 heteroatoms. The third kappa shape index (κ3) is 3.31. The van der Waals surface area contributed by atoms with Crippen LogP contribution in [0.3, 0.4) is 0 Å². The highest BCUT2D eigenvalue weighted by Gasteiger charge is 2.55. The lowest BCUT2D eigenvalue weighted by molar-refractivity contribution is 0.0464. The zero-order valence-corrected chi connectivity index (χ0v) is 13.2. The number of ether oxygens (including phenoxy) is 1. The van der Waals surface area contributed by atoms with E-state index in [2.05, 4.69) is 41.5 Å². The summed E-state index contributed by atoms with van der Waals surface area (Å²) in [5, 5.41) is -0.381. The van der Waals surface area contributed by atoms with Gasteiger partial charge in [-0.05, 0) is 12.8 Å². The van der Waals surface area contributed by atoms with E-state index >= 15 is 0 Å². The van der Waals surface area contributed by atoms with Crippen molar-refractivity contribution in [1.29, 1.82) is 0 Å². The normalized spacial score (nSPS) is 23.1. The molecule has 0 radical (unpaired) electrons. The summed E-state index contributed by atoms with van der Waals surface area (Å²) < 4.78 is 11.6. The molecule has 0 saturated carbocycles. The molecule has 0 spiro atoms. The van der Waals surface area contributed by atoms with Gasteiger partial charge in [-0.3, -0.25) is 0 Å². The van der Waals surface area contributed by atoms with Crippen LogP contribution in [-0.2, 0) is 9.16 Å². The number of hydrogen-bond acceptors (Lipinski definition) is 3. The van der Waals surface area contributed by atoms with E-state index in [4.69, 9.17) is 9.16 Å². The van der Waals surface area contributed by atoms with Crippen molar-refractivity contribution in [2.24, 2.45) is 0 Å². The fraction of sp³-hybridized carbons (Fsp3) is 1.00. The van der Waals surface area contributed by atoms with Crippen molar-refractivity contribution < 1.29 is 14.0 Å². The van der Waals surface area contributed by atoms with Crippen molar-refractivity contribution in [1.82, 2.24) is 0 Å². The maximum atomic E-state index is 11.0. The van der Waals surface area contributed by atoms with E-state index in [1.165, 1.54) is 0 Å². The lowest BCUT2D eigenvalue weighted by Crippen LogP contribution is -2.55. The van der Waals surface area contributed by atoms with Crippen LogP contribution in [0.4, 0.5) is 0 Å². The molecule has 1 aliphatic heterocycles. The van der Waals surface area contributed by atoms with Gasteiger partial charge in [0.15, 0.2) is 0 Å². The van der Waals surface area contributed by atoms with E-state index in [0.717, 1.165) is 19.4 Å². The molecule has 1 atom stereocenters. The molecule has 17 heavy (non-hydrogen) atoms. The molecule has 1 unspecified atom stereocenters. The van der Waals surface area contributed by atoms with Crippen LogP contribution in [0.2, 0.25) is 10.1 Å². The van der Waals surface area contributed by atoms with Crippen molar-refractivity contribution in [3.63, 3.8) is 0 Å². The molecule has 0 aromatic heterocycles. The molecule has 102 valence electrons. The maximum absolute atomic E-state index is 11.0. The molecule has 0 amide bonds. The van der Waals surface area contributed by atoms with Gasteiger partial charge in [0.05, 0.1) is 12.7 Å². The van der Waals surface area contributed by atoms with E-state index in [1.54, 1.807) is 0 Å². The number of hydrogen-bond donors (Lipinski definition) is 1. The van der Waals surface area contributed by atoms with Crippen LogP contribution < -0.4 is 0 Å². The predicted octanol–water partition coefficient (Wildman–Crippen LogP) is 3.22. The first-order chi connectivity index (χ1) is 7.58. The summed E-state index contributed by atoms with van der Waals surface area (Å²) in [6, 6.07) is 0. The smallest absolute Gasteiger partial charge is 0.346 e. The second kappa shape index (κ2) is 5.00. The summed E-state index contributed by atoms with van der Waals surface area (Å²) in [4.78, 5) is 11.0. The highest BCUT2D eigenvalue weighted by atomic mass is 28.4. The van der Waals surface area contributed by atoms with Gasteiger partial charge >= 0.3 is 8.56 Å². The van der Waals surface area contributed by atoms with Gasteiger partial charge in [0.2, 0.25) is 0 Å². The first-order valence-corrected chi connectivity index (χ1v) is 8.41. The fourth-order valence-corrected chi connectivity index (χ4v) is 6.09. The van der Waals surface area contributed by atoms with Crippen LogP contribution in [0.25, 0.3) is 0 Å². The second-order valence-electron chi connectivity index (χ2n) is 7.09. The molecule has 0 aromatic rings. The third-order valence-electron chi connectivity index (χ3n) is 3.54. The lowest BCUT2D eigenvalue weighted by Gasteiger charge is -2.45. The Bertz CT molecular complexity index is 232. The van der Waals surface area contributed by atoms with Crippen LogP contribution in [0.15, 0.2) is 0 Å². The summed E-state index contributed by atoms with van der Waals surface area (Å²) >= 11 is 0. The Balaban J connectivity index is 2.71. The predicted molar refractivity (Wildman–Crippen MR) is 72.3 cm³/mol. The molecule has 1 rings (SSSR count). The lowest BCUT2D eigenvalue weighted by atomic mass is 10.2. The average Bonchev–Trinajstić information content (AvgIpc) is 2.62. The van der Waals surface area contributed by atoms with E-state index in [1.807, 2.05) is 0 Å². The highest BCUT2D eigenvalue weighted by molar-refractivity contribution is 6.72. The monoisotopic (exact) mass is 260 g/mol. The molecule has 1 fully saturated rings. The van der Waals surface area contributed by atoms with Crippen LogP contribution in [0.1, 0.15) is 54.4 Å². The zero-order valence-electron chi connectivity index (χ0n) is 12.2. The first-order valence-electron chi connectivity index (χ1n) is 6.56. The Labute approximate surface area is 107 Å². The highest BCUT2D eigenvalue weighted by Crippen LogP contribution is 2.49. The van der Waals surface area contributed by atoms with E-state index in [-0.39, 0.29) is 16.2 Å². The molecular weight excluding hydrogens is 232 g/mol. The van der Waals surface area contributed by atoms with Gasteiger partial charge < -0.3 is 14.0 Å². The van der Waals surface area contributed by atoms with Gasteiger partial charge in [-0.1, -0.05) is 41.5 Å². The van der Waals surface area contributed by atoms with Crippen LogP contribution in [0, 0.1) is 0 Å². The van der Waals surface area contributed by atoms with Gasteiger partial charge in [0.25, 0.3) is 0 Å². The minimum Gasteiger partial charge on any atom is -0.410 e. The molecule has 1 aliphatic rings. The molecule has 1 N–H and O–H groups in total. The Kier molecular flexibility index (Phi) is 4.45. The minimum absolute atomic E-state index is 0.179. The van der Waals surface area contributed by atoms with Gasteiger partial charge in [-0.15, -0.1) is 0 Å². The quantitative estimate of drug-likeness (QED) is 0.792. The van der Waals surface area contributed by atoms with E-state index in [0.29, 0.717) is 6.61 Å². The Morgan fingerprint density at radius 3 is 2.06 bits per heavy atom. The first kappa shape index (κ1) is 15.2. The minimum atomic E-state index is -2.80. The van der Waals surface area contributed by atoms with Gasteiger partial charge in [0.1, 0.15) is 0 Å². The standard InChI is InChI=1S/C13H28O3Si/c1-12(2,3)17(14,13(4,5)6)16-10-11-8-7-9-15-11/h11,14H,7-10H2,1-6H3. The molecular formula is C13H28O3Si. The Hall–Kier alpha value is 0.0969. The molecule has 1 saturated heterocycles. The third-order valence-corrected chi connectivity index (χ3v) is 8.19. The topological polar surface area (TPSA) is 38.7 Å². The van der Waals surface area contributed by atoms with Crippen LogP contribution in [-0.4, -0.2) is 32.7 Å². The average molecular weight is 260 g/mol. The summed E-state index contributed by atoms with van der Waals surface area (Å²) in [7, 11) is -2.80. The summed E-state index contributed by atoms with van der Waals surface area (Å²) in [6.07, 6.45) is 2.34. The molecule has 0 bridgehead atoms. The van der Waals surface area contributed by atoms with Gasteiger partial charge in [-0.25, -0.2) is 0 Å². The summed E-state index contributed by atoms with van der Waals surface area (Å²) in [6.45, 7) is 13.8. The van der Waals surface area contributed by atoms with Crippen molar-refractivity contribution in [2.45, 2.75) is 70.6 Å². The molecule has 0 aromatic carbocycles. The van der Waals surface area contributed by atoms with Crippen molar-refractivity contribution in [3.05, 3.63) is 0 Å². The molecule has 1 heterocycles. The van der Waals surface area contributed by atoms with E-state index < -0.39 is 8.56 Å². The van der Waals surface area contributed by atoms with Gasteiger partial charge in [0, 0.05) is 16.7 Å². The van der Waals surface area contributed by atoms with Crippen molar-refractivity contribution >= 4 is 8.56 Å². The SMILES string of the molecule is CC(C)(C)[Si](O)(OCC1CCCO1)C(C)(C)C. The fourth-order valence-electron chi connectivity index (χ4n) is 2.55. The number of rotatable bonds is 3. The van der Waals surface area contributed by atoms with Crippen molar-refractivity contribution in [2.75, 3.05) is 13.2 Å². The Morgan fingerprint density at radius 2 is 1.71 bits per heavy atom. The summed E-state index contributed by atoms with van der Waals surface area (Å²) in [5.41, 5.74) is 0. The summed E-state index contributed by atoms with van der Waals surface area (Å²) in [5.74, 6) is 0. The maximum Gasteiger partial charge on any atom is 0.346 e. The van der Waals surface area contributed by atoms with Crippen LogP contribution in [0.5, 0.6) is 0 Å². The van der Waals surface area contributed by atoms with E-state index in [9.17, 15) is 4.80 Å².